The fraction of sp³-hybridized carbons (Fsp3) is 0.217. The Balaban J connectivity index is 1.29. The maximum Gasteiger partial charge on any atom is 0.228 e. The van der Waals surface area contributed by atoms with Gasteiger partial charge in [0, 0.05) is 52.4 Å². The zero-order chi connectivity index (χ0) is 19.8. The maximum atomic E-state index is 12.9. The highest BCUT2D eigenvalue weighted by atomic mass is 79.9. The average molecular weight is 466 g/mol. The van der Waals surface area contributed by atoms with Crippen LogP contribution in [0.2, 0.25) is 0 Å². The van der Waals surface area contributed by atoms with Crippen LogP contribution in [0.1, 0.15) is 27.5 Å². The molecule has 2 aromatic carbocycles. The van der Waals surface area contributed by atoms with Gasteiger partial charge in [-0.15, -0.1) is 11.3 Å². The molecule has 0 saturated heterocycles. The Kier molecular flexibility index (Phi) is 4.97. The Hall–Kier alpha value is -2.44. The number of fused-ring (bicyclic) bond motifs is 3. The summed E-state index contributed by atoms with van der Waals surface area (Å²) in [6.07, 6.45) is 2.04. The van der Waals surface area contributed by atoms with Crippen LogP contribution < -0.4 is 0 Å². The third-order valence-corrected chi connectivity index (χ3v) is 7.00. The van der Waals surface area contributed by atoms with Crippen molar-refractivity contribution in [2.45, 2.75) is 25.8 Å². The average Bonchev–Trinajstić information content (AvgIpc) is 3.33. The van der Waals surface area contributed by atoms with Gasteiger partial charge in [-0.2, -0.15) is 0 Å². The summed E-state index contributed by atoms with van der Waals surface area (Å²) < 4.78 is 1.07. The second-order valence-corrected chi connectivity index (χ2v) is 9.18. The summed E-state index contributed by atoms with van der Waals surface area (Å²) in [5.41, 5.74) is 5.72. The molecule has 146 valence electrons. The number of thiazole rings is 1. The van der Waals surface area contributed by atoms with Crippen LogP contribution in [0.5, 0.6) is 0 Å². The molecular formula is C23H20BrN3OS. The number of nitrogens with zero attached hydrogens (tertiary/aromatic N) is 2. The van der Waals surface area contributed by atoms with Crippen molar-refractivity contribution in [3.05, 3.63) is 85.9 Å². The van der Waals surface area contributed by atoms with E-state index in [2.05, 4.69) is 39.1 Å². The van der Waals surface area contributed by atoms with Gasteiger partial charge in [0.05, 0.1) is 22.6 Å². The zero-order valence-electron chi connectivity index (χ0n) is 15.8. The molecule has 1 N–H and O–H groups in total. The van der Waals surface area contributed by atoms with Crippen LogP contribution in [0.25, 0.3) is 10.9 Å². The molecular weight excluding hydrogens is 446 g/mol. The maximum absolute atomic E-state index is 12.9. The first-order valence-corrected chi connectivity index (χ1v) is 11.4. The lowest BCUT2D eigenvalue weighted by molar-refractivity contribution is -0.131. The Morgan fingerprint density at radius 2 is 2.03 bits per heavy atom. The van der Waals surface area contributed by atoms with E-state index in [4.69, 9.17) is 4.98 Å². The number of halogens is 1. The third kappa shape index (κ3) is 3.74. The molecule has 3 heterocycles. The number of nitrogens with one attached hydrogen (secondary N) is 1. The molecule has 4 aromatic rings. The van der Waals surface area contributed by atoms with Crippen molar-refractivity contribution in [1.29, 1.82) is 0 Å². The summed E-state index contributed by atoms with van der Waals surface area (Å²) in [5.74, 6) is 0.150. The number of rotatable bonds is 4. The first kappa shape index (κ1) is 18.6. The first-order valence-electron chi connectivity index (χ1n) is 9.70. The van der Waals surface area contributed by atoms with E-state index in [1.807, 2.05) is 40.6 Å². The van der Waals surface area contributed by atoms with E-state index in [0.29, 0.717) is 13.0 Å². The SMILES string of the molecule is O=C(Cc1csc(Cc2ccccc2)n1)N1CCc2[nH]c3c(Br)cccc3c2C1. The number of amides is 1. The van der Waals surface area contributed by atoms with Crippen LogP contribution >= 0.6 is 27.3 Å². The molecule has 0 atom stereocenters. The number of hydrogen-bond donors (Lipinski definition) is 1. The Bertz CT molecular complexity index is 1180. The van der Waals surface area contributed by atoms with Gasteiger partial charge in [-0.3, -0.25) is 4.79 Å². The van der Waals surface area contributed by atoms with Crippen LogP contribution in [0.15, 0.2) is 58.4 Å². The summed E-state index contributed by atoms with van der Waals surface area (Å²) in [6.45, 7) is 1.41. The molecule has 0 saturated carbocycles. The fourth-order valence-electron chi connectivity index (χ4n) is 3.96. The number of benzene rings is 2. The Morgan fingerprint density at radius 1 is 1.17 bits per heavy atom. The van der Waals surface area contributed by atoms with Gasteiger partial charge in [0.15, 0.2) is 0 Å². The third-order valence-electron chi connectivity index (χ3n) is 5.44. The van der Waals surface area contributed by atoms with Crippen molar-refractivity contribution in [2.75, 3.05) is 6.54 Å². The highest BCUT2D eigenvalue weighted by Crippen LogP contribution is 2.32. The number of carbonyl (C=O) groups is 1. The largest absolute Gasteiger partial charge is 0.357 e. The van der Waals surface area contributed by atoms with Gasteiger partial charge in [-0.25, -0.2) is 4.98 Å². The minimum atomic E-state index is 0.150. The second kappa shape index (κ2) is 7.76. The molecule has 2 aromatic heterocycles. The van der Waals surface area contributed by atoms with E-state index in [9.17, 15) is 4.79 Å². The topological polar surface area (TPSA) is 49.0 Å². The predicted octanol–water partition coefficient (Wildman–Crippen LogP) is 5.11. The lowest BCUT2D eigenvalue weighted by Crippen LogP contribution is -2.36. The molecule has 0 spiro atoms. The van der Waals surface area contributed by atoms with Gasteiger partial charge in [0.2, 0.25) is 5.91 Å². The quantitative estimate of drug-likeness (QED) is 0.455. The van der Waals surface area contributed by atoms with Crippen LogP contribution in [0, 0.1) is 0 Å². The van der Waals surface area contributed by atoms with Crippen molar-refractivity contribution < 1.29 is 4.79 Å². The molecule has 0 unspecified atom stereocenters. The van der Waals surface area contributed by atoms with Gasteiger partial charge < -0.3 is 9.88 Å². The van der Waals surface area contributed by atoms with Crippen LogP contribution in [0.4, 0.5) is 0 Å². The van der Waals surface area contributed by atoms with Crippen molar-refractivity contribution in [3.8, 4) is 0 Å². The highest BCUT2D eigenvalue weighted by Gasteiger charge is 2.25. The van der Waals surface area contributed by atoms with Crippen LogP contribution in [0.3, 0.4) is 0 Å². The van der Waals surface area contributed by atoms with Gasteiger partial charge in [-0.1, -0.05) is 42.5 Å². The number of hydrogen-bond acceptors (Lipinski definition) is 3. The van der Waals surface area contributed by atoms with E-state index in [-0.39, 0.29) is 5.91 Å². The summed E-state index contributed by atoms with van der Waals surface area (Å²) in [6, 6.07) is 16.5. The van der Waals surface area contributed by atoms with Gasteiger partial charge in [0.25, 0.3) is 0 Å². The number of H-pyrrole nitrogens is 1. The van der Waals surface area contributed by atoms with E-state index in [1.54, 1.807) is 11.3 Å². The summed E-state index contributed by atoms with van der Waals surface area (Å²) in [5, 5.41) is 4.28. The smallest absolute Gasteiger partial charge is 0.228 e. The van der Waals surface area contributed by atoms with Gasteiger partial charge in [0.1, 0.15) is 0 Å². The highest BCUT2D eigenvalue weighted by molar-refractivity contribution is 9.10. The van der Waals surface area contributed by atoms with Crippen LogP contribution in [-0.4, -0.2) is 27.3 Å². The van der Waals surface area contributed by atoms with E-state index >= 15 is 0 Å². The Morgan fingerprint density at radius 3 is 2.90 bits per heavy atom. The molecule has 1 aliphatic rings. The van der Waals surface area contributed by atoms with Gasteiger partial charge >= 0.3 is 0 Å². The lowest BCUT2D eigenvalue weighted by Gasteiger charge is -2.27. The van der Waals surface area contributed by atoms with Crippen LogP contribution in [-0.2, 0) is 30.6 Å². The zero-order valence-corrected chi connectivity index (χ0v) is 18.2. The molecule has 0 bridgehead atoms. The Labute approximate surface area is 181 Å². The van der Waals surface area contributed by atoms with Crippen molar-refractivity contribution in [1.82, 2.24) is 14.9 Å². The number of aromatic nitrogens is 2. The van der Waals surface area contributed by atoms with Crippen molar-refractivity contribution in [2.24, 2.45) is 0 Å². The van der Waals surface area contributed by atoms with Crippen molar-refractivity contribution >= 4 is 44.1 Å². The van der Waals surface area contributed by atoms with E-state index in [0.717, 1.165) is 40.1 Å². The normalized spacial score (nSPS) is 13.6. The molecule has 0 fully saturated rings. The number of aromatic amines is 1. The number of para-hydroxylation sites is 1. The molecule has 5 rings (SSSR count). The van der Waals surface area contributed by atoms with E-state index in [1.165, 1.54) is 22.2 Å². The summed E-state index contributed by atoms with van der Waals surface area (Å²) in [4.78, 5) is 23.1. The van der Waals surface area contributed by atoms with Gasteiger partial charge in [-0.05, 0) is 27.6 Å². The lowest BCUT2D eigenvalue weighted by atomic mass is 10.0. The molecule has 4 nitrogen and oxygen atoms in total. The minimum absolute atomic E-state index is 0.150. The second-order valence-electron chi connectivity index (χ2n) is 7.38. The molecule has 1 aliphatic heterocycles. The molecule has 6 heteroatoms. The summed E-state index contributed by atoms with van der Waals surface area (Å²) >= 11 is 5.25. The van der Waals surface area contributed by atoms with Crippen molar-refractivity contribution in [3.63, 3.8) is 0 Å². The molecule has 0 radical (unpaired) electrons. The molecule has 29 heavy (non-hydrogen) atoms. The fourth-order valence-corrected chi connectivity index (χ4v) is 5.26. The van der Waals surface area contributed by atoms with E-state index < -0.39 is 0 Å². The monoisotopic (exact) mass is 465 g/mol. The summed E-state index contributed by atoms with van der Waals surface area (Å²) in [7, 11) is 0. The molecule has 1 amide bonds. The first-order chi connectivity index (χ1) is 14.2. The predicted molar refractivity (Wildman–Crippen MR) is 120 cm³/mol. The number of carbonyl (C=O) groups excluding carboxylic acids is 1. The standard InChI is InChI=1S/C23H20BrN3OS/c24-19-8-4-7-17-18-13-27(10-9-20(18)26-23(17)19)22(28)12-16-14-29-21(25-16)11-15-5-2-1-3-6-15/h1-8,14,26H,9-13H2. The minimum Gasteiger partial charge on any atom is -0.357 e. The molecule has 0 aliphatic carbocycles.